The normalized spacial score (nSPS) is 36.9. The van der Waals surface area contributed by atoms with Crippen LogP contribution in [0, 0.1) is 17.8 Å². The van der Waals surface area contributed by atoms with Gasteiger partial charge in [-0.1, -0.05) is 12.8 Å². The SMILES string of the molecule is CN(C)CCC1CCCCN1C(=O)C1C2CCCCC21. The molecule has 3 unspecified atom stereocenters. The summed E-state index contributed by atoms with van der Waals surface area (Å²) in [4.78, 5) is 17.4. The molecule has 3 atom stereocenters. The van der Waals surface area contributed by atoms with Gasteiger partial charge in [0.2, 0.25) is 5.91 Å². The smallest absolute Gasteiger partial charge is 0.226 e. The first kappa shape index (κ1) is 14.4. The molecule has 2 saturated carbocycles. The third-order valence-electron chi connectivity index (χ3n) is 5.76. The molecule has 1 heterocycles. The molecular weight excluding hydrogens is 248 g/mol. The highest BCUT2D eigenvalue weighted by Gasteiger charge is 2.56. The van der Waals surface area contributed by atoms with Crippen LogP contribution in [0.4, 0.5) is 0 Å². The van der Waals surface area contributed by atoms with Crippen LogP contribution in [-0.4, -0.2) is 48.9 Å². The van der Waals surface area contributed by atoms with Crippen LogP contribution in [0.2, 0.25) is 0 Å². The molecule has 1 saturated heterocycles. The summed E-state index contributed by atoms with van der Waals surface area (Å²) >= 11 is 0. The second-order valence-corrected chi connectivity index (χ2v) is 7.41. The van der Waals surface area contributed by atoms with Crippen molar-refractivity contribution in [3.63, 3.8) is 0 Å². The lowest BCUT2D eigenvalue weighted by Crippen LogP contribution is -2.46. The topological polar surface area (TPSA) is 23.6 Å². The van der Waals surface area contributed by atoms with Gasteiger partial charge < -0.3 is 9.80 Å². The van der Waals surface area contributed by atoms with E-state index in [1.54, 1.807) is 0 Å². The fourth-order valence-electron chi connectivity index (χ4n) is 4.55. The molecule has 0 aromatic rings. The molecule has 1 aliphatic heterocycles. The van der Waals surface area contributed by atoms with Gasteiger partial charge in [-0.3, -0.25) is 4.79 Å². The summed E-state index contributed by atoms with van der Waals surface area (Å²) in [6.45, 7) is 2.12. The highest BCUT2D eigenvalue weighted by atomic mass is 16.2. The Morgan fingerprint density at radius 1 is 1.05 bits per heavy atom. The first-order valence-corrected chi connectivity index (χ1v) is 8.63. The van der Waals surface area contributed by atoms with Crippen LogP contribution < -0.4 is 0 Å². The third kappa shape index (κ3) is 2.88. The molecular formula is C17H30N2O. The van der Waals surface area contributed by atoms with Crippen molar-refractivity contribution in [1.29, 1.82) is 0 Å². The van der Waals surface area contributed by atoms with Crippen LogP contribution in [0.5, 0.6) is 0 Å². The molecule has 2 aliphatic carbocycles. The van der Waals surface area contributed by atoms with Crippen molar-refractivity contribution >= 4 is 5.91 Å². The molecule has 3 fully saturated rings. The molecule has 20 heavy (non-hydrogen) atoms. The zero-order valence-corrected chi connectivity index (χ0v) is 13.2. The average Bonchev–Trinajstić information content (AvgIpc) is 3.19. The summed E-state index contributed by atoms with van der Waals surface area (Å²) in [6, 6.07) is 0.515. The Morgan fingerprint density at radius 3 is 2.35 bits per heavy atom. The van der Waals surface area contributed by atoms with Crippen molar-refractivity contribution in [2.45, 2.75) is 57.4 Å². The van der Waals surface area contributed by atoms with Crippen LogP contribution in [0.15, 0.2) is 0 Å². The number of piperidine rings is 1. The summed E-state index contributed by atoms with van der Waals surface area (Å²) < 4.78 is 0. The Hall–Kier alpha value is -0.570. The minimum atomic E-state index is 0.414. The maximum absolute atomic E-state index is 12.9. The van der Waals surface area contributed by atoms with Crippen molar-refractivity contribution in [2.75, 3.05) is 27.2 Å². The minimum Gasteiger partial charge on any atom is -0.339 e. The molecule has 114 valence electrons. The monoisotopic (exact) mass is 278 g/mol. The number of fused-ring (bicyclic) bond motifs is 1. The van der Waals surface area contributed by atoms with Crippen molar-refractivity contribution in [3.8, 4) is 0 Å². The van der Waals surface area contributed by atoms with E-state index in [9.17, 15) is 4.79 Å². The van der Waals surface area contributed by atoms with E-state index >= 15 is 0 Å². The second-order valence-electron chi connectivity index (χ2n) is 7.41. The number of hydrogen-bond acceptors (Lipinski definition) is 2. The first-order chi connectivity index (χ1) is 9.68. The van der Waals surface area contributed by atoms with Gasteiger partial charge in [0.05, 0.1) is 0 Å². The molecule has 0 N–H and O–H groups in total. The molecule has 3 nitrogen and oxygen atoms in total. The van der Waals surface area contributed by atoms with E-state index in [-0.39, 0.29) is 0 Å². The average molecular weight is 278 g/mol. The number of nitrogens with zero attached hydrogens (tertiary/aromatic N) is 2. The van der Waals surface area contributed by atoms with Crippen LogP contribution in [0.3, 0.4) is 0 Å². The number of rotatable bonds is 4. The second kappa shape index (κ2) is 6.05. The van der Waals surface area contributed by atoms with Gasteiger partial charge in [0.25, 0.3) is 0 Å². The summed E-state index contributed by atoms with van der Waals surface area (Å²) in [7, 11) is 4.26. The molecule has 0 bridgehead atoms. The van der Waals surface area contributed by atoms with E-state index in [4.69, 9.17) is 0 Å². The molecule has 1 amide bonds. The number of amides is 1. The van der Waals surface area contributed by atoms with Crippen LogP contribution >= 0.6 is 0 Å². The van der Waals surface area contributed by atoms with Gasteiger partial charge in [-0.15, -0.1) is 0 Å². The number of carbonyl (C=O) groups is 1. The Morgan fingerprint density at radius 2 is 1.70 bits per heavy atom. The number of carbonyl (C=O) groups excluding carboxylic acids is 1. The Labute approximate surface area is 123 Å². The van der Waals surface area contributed by atoms with E-state index in [1.807, 2.05) is 0 Å². The third-order valence-corrected chi connectivity index (χ3v) is 5.76. The quantitative estimate of drug-likeness (QED) is 0.789. The zero-order chi connectivity index (χ0) is 14.1. The highest BCUT2D eigenvalue weighted by molar-refractivity contribution is 5.82. The van der Waals surface area contributed by atoms with Gasteiger partial charge in [0.1, 0.15) is 0 Å². The molecule has 3 rings (SSSR count). The lowest BCUT2D eigenvalue weighted by molar-refractivity contribution is -0.137. The molecule has 0 aromatic heterocycles. The summed E-state index contributed by atoms with van der Waals surface area (Å²) in [5.74, 6) is 2.45. The molecule has 0 spiro atoms. The number of hydrogen-bond donors (Lipinski definition) is 0. The fraction of sp³-hybridized carbons (Fsp3) is 0.941. The van der Waals surface area contributed by atoms with Crippen LogP contribution in [-0.2, 0) is 4.79 Å². The van der Waals surface area contributed by atoms with E-state index in [2.05, 4.69) is 23.9 Å². The predicted octanol–water partition coefficient (Wildman–Crippen LogP) is 2.76. The summed E-state index contributed by atoms with van der Waals surface area (Å²) in [6.07, 6.45) is 10.2. The van der Waals surface area contributed by atoms with E-state index < -0.39 is 0 Å². The highest BCUT2D eigenvalue weighted by Crippen LogP contribution is 2.56. The molecule has 3 heteroatoms. The van der Waals surface area contributed by atoms with Gasteiger partial charge in [0.15, 0.2) is 0 Å². The largest absolute Gasteiger partial charge is 0.339 e. The summed E-state index contributed by atoms with van der Waals surface area (Å²) in [5.41, 5.74) is 0. The Balaban J connectivity index is 1.59. The number of likely N-dealkylation sites (tertiary alicyclic amines) is 1. The van der Waals surface area contributed by atoms with Crippen molar-refractivity contribution in [3.05, 3.63) is 0 Å². The van der Waals surface area contributed by atoms with Crippen molar-refractivity contribution in [1.82, 2.24) is 9.80 Å². The maximum Gasteiger partial charge on any atom is 0.226 e. The predicted molar refractivity (Wildman–Crippen MR) is 81.5 cm³/mol. The maximum atomic E-state index is 12.9. The molecule has 0 radical (unpaired) electrons. The van der Waals surface area contributed by atoms with Crippen LogP contribution in [0.25, 0.3) is 0 Å². The lowest BCUT2D eigenvalue weighted by Gasteiger charge is -2.37. The van der Waals surface area contributed by atoms with Gasteiger partial charge in [-0.2, -0.15) is 0 Å². The first-order valence-electron chi connectivity index (χ1n) is 8.63. The fourth-order valence-corrected chi connectivity index (χ4v) is 4.55. The van der Waals surface area contributed by atoms with E-state index in [1.165, 1.54) is 44.9 Å². The van der Waals surface area contributed by atoms with Crippen LogP contribution in [0.1, 0.15) is 51.4 Å². The minimum absolute atomic E-state index is 0.414. The molecule has 0 aromatic carbocycles. The van der Waals surface area contributed by atoms with Gasteiger partial charge in [-0.25, -0.2) is 0 Å². The van der Waals surface area contributed by atoms with E-state index in [0.29, 0.717) is 17.9 Å². The zero-order valence-electron chi connectivity index (χ0n) is 13.2. The Kier molecular flexibility index (Phi) is 4.34. The van der Waals surface area contributed by atoms with Gasteiger partial charge in [0, 0.05) is 18.5 Å². The summed E-state index contributed by atoms with van der Waals surface area (Å²) in [5, 5.41) is 0. The standard InChI is InChI=1S/C17H30N2O/c1-18(2)12-10-13-7-5-6-11-19(13)17(20)16-14-8-3-4-9-15(14)16/h13-16H,3-12H2,1-2H3. The lowest BCUT2D eigenvalue weighted by atomic mass is 9.98. The van der Waals surface area contributed by atoms with Crippen molar-refractivity contribution in [2.24, 2.45) is 17.8 Å². The van der Waals surface area contributed by atoms with Gasteiger partial charge >= 0.3 is 0 Å². The van der Waals surface area contributed by atoms with Crippen molar-refractivity contribution < 1.29 is 4.79 Å². The molecule has 3 aliphatic rings. The Bertz CT molecular complexity index is 343. The van der Waals surface area contributed by atoms with E-state index in [0.717, 1.165) is 31.3 Å². The van der Waals surface area contributed by atoms with Gasteiger partial charge in [-0.05, 0) is 71.0 Å².